The quantitative estimate of drug-likeness (QED) is 0.647. The molecule has 13 heavy (non-hydrogen) atoms. The summed E-state index contributed by atoms with van der Waals surface area (Å²) in [4.78, 5) is 0.343. The Morgan fingerprint density at radius 3 is 3.00 bits per heavy atom. The molecule has 0 aliphatic carbocycles. The molecule has 76 valence electrons. The van der Waals surface area contributed by atoms with Gasteiger partial charge >= 0.3 is 0 Å². The van der Waals surface area contributed by atoms with Crippen molar-refractivity contribution in [3.63, 3.8) is 0 Å². The Labute approximate surface area is 84.8 Å². The molecular weight excluding hydrogens is 182 g/mol. The molecule has 0 amide bonds. The van der Waals surface area contributed by atoms with Crippen LogP contribution in [0.3, 0.4) is 0 Å². The van der Waals surface area contributed by atoms with Crippen molar-refractivity contribution < 1.29 is 4.74 Å². The van der Waals surface area contributed by atoms with Gasteiger partial charge in [0.1, 0.15) is 0 Å². The summed E-state index contributed by atoms with van der Waals surface area (Å²) >= 11 is 2.12. The van der Waals surface area contributed by atoms with Crippen LogP contribution < -0.4 is 5.32 Å². The molecule has 0 aromatic rings. The van der Waals surface area contributed by atoms with Crippen molar-refractivity contribution >= 4 is 11.8 Å². The molecule has 2 aliphatic rings. The Kier molecular flexibility index (Phi) is 2.86. The second-order valence-electron chi connectivity index (χ2n) is 4.27. The topological polar surface area (TPSA) is 21.3 Å². The first kappa shape index (κ1) is 9.81. The van der Waals surface area contributed by atoms with Crippen molar-refractivity contribution in [2.75, 3.05) is 13.2 Å². The van der Waals surface area contributed by atoms with Crippen molar-refractivity contribution in [1.82, 2.24) is 5.32 Å². The van der Waals surface area contributed by atoms with Gasteiger partial charge in [0.2, 0.25) is 0 Å². The molecule has 3 heteroatoms. The summed E-state index contributed by atoms with van der Waals surface area (Å²) in [5, 5.41) is 4.49. The molecule has 2 saturated heterocycles. The van der Waals surface area contributed by atoms with E-state index >= 15 is 0 Å². The van der Waals surface area contributed by atoms with Gasteiger partial charge in [-0.3, -0.25) is 0 Å². The SMILES string of the molecule is CC1CC2(CCO1)NCCC(C)S2. The zero-order chi connectivity index (χ0) is 9.31. The number of hydrogen-bond donors (Lipinski definition) is 1. The highest BCUT2D eigenvalue weighted by Gasteiger charge is 2.39. The monoisotopic (exact) mass is 201 g/mol. The molecule has 2 heterocycles. The van der Waals surface area contributed by atoms with E-state index in [0.29, 0.717) is 11.0 Å². The third-order valence-electron chi connectivity index (χ3n) is 2.95. The predicted octanol–water partition coefficient (Wildman–Crippen LogP) is 2.00. The van der Waals surface area contributed by atoms with E-state index in [-0.39, 0.29) is 0 Å². The van der Waals surface area contributed by atoms with E-state index in [2.05, 4.69) is 30.9 Å². The standard InChI is InChI=1S/C10H19NOS/c1-8-7-10(4-6-12-8)11-5-3-9(2)13-10/h8-9,11H,3-7H2,1-2H3. The molecule has 0 radical (unpaired) electrons. The number of rotatable bonds is 0. The highest BCUT2D eigenvalue weighted by molar-refractivity contribution is 8.01. The zero-order valence-corrected chi connectivity index (χ0v) is 9.32. The average molecular weight is 201 g/mol. The Morgan fingerprint density at radius 1 is 1.46 bits per heavy atom. The minimum absolute atomic E-state index is 0.343. The van der Waals surface area contributed by atoms with E-state index < -0.39 is 0 Å². The van der Waals surface area contributed by atoms with E-state index in [1.54, 1.807) is 0 Å². The molecule has 0 aromatic carbocycles. The summed E-state index contributed by atoms with van der Waals surface area (Å²) in [5.74, 6) is 0. The molecule has 2 nitrogen and oxygen atoms in total. The van der Waals surface area contributed by atoms with Gasteiger partial charge in [0.15, 0.2) is 0 Å². The lowest BCUT2D eigenvalue weighted by molar-refractivity contribution is 0.00453. The van der Waals surface area contributed by atoms with Crippen LogP contribution in [0.15, 0.2) is 0 Å². The maximum atomic E-state index is 5.59. The van der Waals surface area contributed by atoms with Gasteiger partial charge in [-0.05, 0) is 26.3 Å². The predicted molar refractivity (Wildman–Crippen MR) is 57.1 cm³/mol. The first-order valence-corrected chi connectivity index (χ1v) is 6.13. The van der Waals surface area contributed by atoms with Crippen LogP contribution in [0.2, 0.25) is 0 Å². The third kappa shape index (κ3) is 2.20. The molecule has 3 atom stereocenters. The molecule has 0 aromatic heterocycles. The number of ether oxygens (including phenoxy) is 1. The fraction of sp³-hybridized carbons (Fsp3) is 1.00. The first-order chi connectivity index (χ1) is 6.20. The van der Waals surface area contributed by atoms with Gasteiger partial charge < -0.3 is 10.1 Å². The number of nitrogens with one attached hydrogen (secondary N) is 1. The van der Waals surface area contributed by atoms with Gasteiger partial charge in [-0.25, -0.2) is 0 Å². The Hall–Kier alpha value is 0.270. The van der Waals surface area contributed by atoms with Gasteiger partial charge in [-0.15, -0.1) is 11.8 Å². The molecule has 2 aliphatic heterocycles. The molecule has 1 N–H and O–H groups in total. The minimum Gasteiger partial charge on any atom is -0.378 e. The molecule has 2 fully saturated rings. The second-order valence-corrected chi connectivity index (χ2v) is 6.10. The zero-order valence-electron chi connectivity index (χ0n) is 8.51. The van der Waals surface area contributed by atoms with Gasteiger partial charge in [-0.1, -0.05) is 6.92 Å². The second kappa shape index (κ2) is 3.79. The molecule has 1 spiro atoms. The Bertz CT molecular complexity index is 166. The van der Waals surface area contributed by atoms with E-state index in [1.165, 1.54) is 25.8 Å². The van der Waals surface area contributed by atoms with Crippen LogP contribution in [0, 0.1) is 0 Å². The van der Waals surface area contributed by atoms with Crippen LogP contribution in [0.25, 0.3) is 0 Å². The van der Waals surface area contributed by atoms with Gasteiger partial charge in [0, 0.05) is 18.3 Å². The van der Waals surface area contributed by atoms with E-state index in [9.17, 15) is 0 Å². The normalized spacial score (nSPS) is 46.6. The highest BCUT2D eigenvalue weighted by atomic mass is 32.2. The molecule has 3 unspecified atom stereocenters. The molecular formula is C10H19NOS. The Morgan fingerprint density at radius 2 is 2.31 bits per heavy atom. The lowest BCUT2D eigenvalue weighted by Gasteiger charge is -2.45. The van der Waals surface area contributed by atoms with Gasteiger partial charge in [-0.2, -0.15) is 0 Å². The highest BCUT2D eigenvalue weighted by Crippen LogP contribution is 2.40. The lowest BCUT2D eigenvalue weighted by Crippen LogP contribution is -2.52. The molecule has 0 bridgehead atoms. The summed E-state index contributed by atoms with van der Waals surface area (Å²) in [6.45, 7) is 6.63. The van der Waals surface area contributed by atoms with Gasteiger partial charge in [0.25, 0.3) is 0 Å². The fourth-order valence-corrected chi connectivity index (χ4v) is 4.03. The smallest absolute Gasteiger partial charge is 0.0694 e. The average Bonchev–Trinajstić information content (AvgIpc) is 2.02. The molecule has 0 saturated carbocycles. The summed E-state index contributed by atoms with van der Waals surface area (Å²) in [6, 6.07) is 0. The van der Waals surface area contributed by atoms with Gasteiger partial charge in [0.05, 0.1) is 11.0 Å². The van der Waals surface area contributed by atoms with Crippen LogP contribution in [0.5, 0.6) is 0 Å². The summed E-state index contributed by atoms with van der Waals surface area (Å²) < 4.78 is 5.59. The van der Waals surface area contributed by atoms with Crippen LogP contribution in [-0.4, -0.2) is 29.4 Å². The largest absolute Gasteiger partial charge is 0.378 e. The van der Waals surface area contributed by atoms with Crippen LogP contribution in [0.1, 0.15) is 33.1 Å². The van der Waals surface area contributed by atoms with E-state index in [4.69, 9.17) is 4.74 Å². The number of thioether (sulfide) groups is 1. The van der Waals surface area contributed by atoms with Crippen LogP contribution in [0.4, 0.5) is 0 Å². The maximum Gasteiger partial charge on any atom is 0.0694 e. The summed E-state index contributed by atoms with van der Waals surface area (Å²) in [5.41, 5.74) is 0. The van der Waals surface area contributed by atoms with E-state index in [1.807, 2.05) is 0 Å². The van der Waals surface area contributed by atoms with Crippen LogP contribution in [-0.2, 0) is 4.74 Å². The number of hydrogen-bond acceptors (Lipinski definition) is 3. The van der Waals surface area contributed by atoms with Crippen LogP contribution >= 0.6 is 11.8 Å². The fourth-order valence-electron chi connectivity index (χ4n) is 2.31. The van der Waals surface area contributed by atoms with Crippen molar-refractivity contribution in [2.24, 2.45) is 0 Å². The maximum absolute atomic E-state index is 5.59. The first-order valence-electron chi connectivity index (χ1n) is 5.25. The van der Waals surface area contributed by atoms with Crippen molar-refractivity contribution in [3.8, 4) is 0 Å². The molecule has 2 rings (SSSR count). The van der Waals surface area contributed by atoms with Crippen molar-refractivity contribution in [3.05, 3.63) is 0 Å². The lowest BCUT2D eigenvalue weighted by atomic mass is 10.0. The van der Waals surface area contributed by atoms with Crippen molar-refractivity contribution in [2.45, 2.75) is 49.3 Å². The summed E-state index contributed by atoms with van der Waals surface area (Å²) in [6.07, 6.45) is 4.08. The summed E-state index contributed by atoms with van der Waals surface area (Å²) in [7, 11) is 0. The Balaban J connectivity index is 2.00. The third-order valence-corrected chi connectivity index (χ3v) is 4.55. The minimum atomic E-state index is 0.343. The van der Waals surface area contributed by atoms with Crippen molar-refractivity contribution in [1.29, 1.82) is 0 Å². The van der Waals surface area contributed by atoms with E-state index in [0.717, 1.165) is 11.9 Å².